The molecule has 2 rings (SSSR count). The highest BCUT2D eigenvalue weighted by molar-refractivity contribution is 7.16. The van der Waals surface area contributed by atoms with Crippen molar-refractivity contribution in [3.63, 3.8) is 0 Å². The van der Waals surface area contributed by atoms with Crippen molar-refractivity contribution in [1.29, 1.82) is 0 Å². The number of likely N-dealkylation sites (tertiary alicyclic amines) is 1. The van der Waals surface area contributed by atoms with Crippen molar-refractivity contribution in [2.75, 3.05) is 25.0 Å². The average molecular weight is 368 g/mol. The highest BCUT2D eigenvalue weighted by atomic mass is 32.1. The number of esters is 1. The second-order valence-electron chi connectivity index (χ2n) is 6.42. The molecule has 2 N–H and O–H groups in total. The normalized spacial score (nSPS) is 20.2. The van der Waals surface area contributed by atoms with E-state index in [2.05, 4.69) is 5.32 Å². The molecule has 0 aromatic carbocycles. The summed E-state index contributed by atoms with van der Waals surface area (Å²) in [5.41, 5.74) is 1.16. The zero-order chi connectivity index (χ0) is 18.7. The maximum absolute atomic E-state index is 12.6. The average Bonchev–Trinajstić information content (AvgIpc) is 2.81. The van der Waals surface area contributed by atoms with Crippen molar-refractivity contribution in [2.45, 2.75) is 34.1 Å². The third-order valence-corrected chi connectivity index (χ3v) is 5.50. The molecule has 8 heteroatoms. The van der Waals surface area contributed by atoms with Gasteiger partial charge in [-0.25, -0.2) is 9.59 Å². The van der Waals surface area contributed by atoms with Crippen LogP contribution in [0.5, 0.6) is 0 Å². The minimum atomic E-state index is -0.889. The van der Waals surface area contributed by atoms with Gasteiger partial charge in [-0.15, -0.1) is 11.3 Å². The molecule has 0 radical (unpaired) electrons. The van der Waals surface area contributed by atoms with Gasteiger partial charge in [-0.2, -0.15) is 0 Å². The van der Waals surface area contributed by atoms with E-state index in [4.69, 9.17) is 4.74 Å². The van der Waals surface area contributed by atoms with Crippen molar-refractivity contribution in [1.82, 2.24) is 4.90 Å². The van der Waals surface area contributed by atoms with Gasteiger partial charge < -0.3 is 14.7 Å². The standard InChI is InChI=1S/C17H24N2O5S/c1-5-24-16(22)13-10(3)11(4)25-14(13)18-17(23)19-7-9(2)6-12(8-19)15(20)21/h9,12H,5-8H2,1-4H3,(H,18,23)(H,20,21). The minimum absolute atomic E-state index is 0.108. The number of nitrogens with zero attached hydrogens (tertiary/aromatic N) is 1. The maximum Gasteiger partial charge on any atom is 0.341 e. The van der Waals surface area contributed by atoms with Crippen LogP contribution in [0.15, 0.2) is 0 Å². The second-order valence-corrected chi connectivity index (χ2v) is 7.64. The zero-order valence-electron chi connectivity index (χ0n) is 14.9. The molecule has 1 fully saturated rings. The number of anilines is 1. The number of hydrogen-bond donors (Lipinski definition) is 2. The van der Waals surface area contributed by atoms with Crippen LogP contribution in [0.1, 0.15) is 41.1 Å². The van der Waals surface area contributed by atoms with Crippen LogP contribution in [-0.4, -0.2) is 47.7 Å². The van der Waals surface area contributed by atoms with Crippen LogP contribution >= 0.6 is 11.3 Å². The highest BCUT2D eigenvalue weighted by Gasteiger charge is 2.33. The maximum atomic E-state index is 12.6. The molecular weight excluding hydrogens is 344 g/mol. The number of nitrogens with one attached hydrogen (secondary N) is 1. The second kappa shape index (κ2) is 7.86. The van der Waals surface area contributed by atoms with E-state index in [-0.39, 0.29) is 25.1 Å². The summed E-state index contributed by atoms with van der Waals surface area (Å²) in [7, 11) is 0. The molecule has 2 atom stereocenters. The number of carbonyl (C=O) groups is 3. The number of urea groups is 1. The molecule has 0 saturated carbocycles. The van der Waals surface area contributed by atoms with Crippen LogP contribution in [0.4, 0.5) is 9.80 Å². The smallest absolute Gasteiger partial charge is 0.341 e. The molecule has 1 aromatic rings. The molecule has 1 aliphatic heterocycles. The molecule has 0 spiro atoms. The van der Waals surface area contributed by atoms with E-state index in [1.807, 2.05) is 20.8 Å². The Morgan fingerprint density at radius 1 is 1.32 bits per heavy atom. The van der Waals surface area contributed by atoms with Gasteiger partial charge >= 0.3 is 18.0 Å². The Morgan fingerprint density at radius 3 is 2.60 bits per heavy atom. The van der Waals surface area contributed by atoms with Crippen LogP contribution in [-0.2, 0) is 9.53 Å². The van der Waals surface area contributed by atoms with Gasteiger partial charge in [-0.3, -0.25) is 10.1 Å². The monoisotopic (exact) mass is 368 g/mol. The van der Waals surface area contributed by atoms with Gasteiger partial charge in [-0.05, 0) is 38.7 Å². The fraction of sp³-hybridized carbons (Fsp3) is 0.588. The summed E-state index contributed by atoms with van der Waals surface area (Å²) in [4.78, 5) is 38.5. The van der Waals surface area contributed by atoms with Crippen molar-refractivity contribution < 1.29 is 24.2 Å². The molecule has 2 amide bonds. The number of amides is 2. The third kappa shape index (κ3) is 4.31. The molecule has 2 unspecified atom stereocenters. The Bertz CT molecular complexity index is 685. The summed E-state index contributed by atoms with van der Waals surface area (Å²) in [5, 5.41) is 12.5. The van der Waals surface area contributed by atoms with E-state index in [9.17, 15) is 19.5 Å². The quantitative estimate of drug-likeness (QED) is 0.796. The Hall–Kier alpha value is -2.09. The molecule has 1 aliphatic rings. The van der Waals surface area contributed by atoms with Crippen molar-refractivity contribution in [3.05, 3.63) is 16.0 Å². The Balaban J connectivity index is 2.19. The first-order valence-electron chi connectivity index (χ1n) is 8.30. The van der Waals surface area contributed by atoms with E-state index in [1.54, 1.807) is 6.92 Å². The van der Waals surface area contributed by atoms with Crippen molar-refractivity contribution in [3.8, 4) is 0 Å². The van der Waals surface area contributed by atoms with Crippen LogP contribution < -0.4 is 5.32 Å². The first-order chi connectivity index (χ1) is 11.7. The van der Waals surface area contributed by atoms with Gasteiger partial charge in [-0.1, -0.05) is 6.92 Å². The van der Waals surface area contributed by atoms with Gasteiger partial charge in [0.15, 0.2) is 0 Å². The molecule has 1 aromatic heterocycles. The molecule has 2 heterocycles. The molecule has 0 aliphatic carbocycles. The number of aryl methyl sites for hydroxylation is 1. The highest BCUT2D eigenvalue weighted by Crippen LogP contribution is 2.33. The molecule has 25 heavy (non-hydrogen) atoms. The van der Waals surface area contributed by atoms with Gasteiger partial charge in [0.05, 0.1) is 18.1 Å². The van der Waals surface area contributed by atoms with Gasteiger partial charge in [0.1, 0.15) is 5.00 Å². The SMILES string of the molecule is CCOC(=O)c1c(NC(=O)N2CC(C)CC(C(=O)O)C2)sc(C)c1C. The van der Waals surface area contributed by atoms with Gasteiger partial charge in [0, 0.05) is 18.0 Å². The number of carbonyl (C=O) groups excluding carboxylic acids is 2. The van der Waals surface area contributed by atoms with E-state index in [0.717, 1.165) is 10.4 Å². The topological polar surface area (TPSA) is 95.9 Å². The van der Waals surface area contributed by atoms with E-state index < -0.39 is 17.9 Å². The summed E-state index contributed by atoms with van der Waals surface area (Å²) in [6, 6.07) is -0.385. The predicted octanol–water partition coefficient (Wildman–Crippen LogP) is 3.12. The lowest BCUT2D eigenvalue weighted by molar-refractivity contribution is -0.143. The number of piperidine rings is 1. The van der Waals surface area contributed by atoms with Gasteiger partial charge in [0.2, 0.25) is 0 Å². The lowest BCUT2D eigenvalue weighted by Crippen LogP contribution is -2.47. The third-order valence-electron chi connectivity index (χ3n) is 4.38. The number of thiophene rings is 1. The Labute approximate surface area is 151 Å². The van der Waals surface area contributed by atoms with Gasteiger partial charge in [0.25, 0.3) is 0 Å². The van der Waals surface area contributed by atoms with Crippen LogP contribution in [0, 0.1) is 25.7 Å². The van der Waals surface area contributed by atoms with E-state index in [1.165, 1.54) is 16.2 Å². The number of aliphatic carboxylic acids is 1. The minimum Gasteiger partial charge on any atom is -0.481 e. The molecule has 1 saturated heterocycles. The largest absolute Gasteiger partial charge is 0.481 e. The van der Waals surface area contributed by atoms with Crippen LogP contribution in [0.25, 0.3) is 0 Å². The first kappa shape index (κ1) is 19.2. The number of rotatable bonds is 4. The number of carboxylic acid groups (broad SMARTS) is 1. The van der Waals surface area contributed by atoms with Crippen molar-refractivity contribution in [2.24, 2.45) is 11.8 Å². The first-order valence-corrected chi connectivity index (χ1v) is 9.12. The van der Waals surface area contributed by atoms with Crippen LogP contribution in [0.3, 0.4) is 0 Å². The number of carboxylic acids is 1. The fourth-order valence-electron chi connectivity index (χ4n) is 3.04. The number of ether oxygens (including phenoxy) is 1. The lowest BCUT2D eigenvalue weighted by atomic mass is 9.91. The lowest BCUT2D eigenvalue weighted by Gasteiger charge is -2.34. The Morgan fingerprint density at radius 2 is 2.00 bits per heavy atom. The van der Waals surface area contributed by atoms with E-state index in [0.29, 0.717) is 23.5 Å². The Kier molecular flexibility index (Phi) is 6.05. The zero-order valence-corrected chi connectivity index (χ0v) is 15.7. The molecular formula is C17H24N2O5S. The van der Waals surface area contributed by atoms with E-state index >= 15 is 0 Å². The predicted molar refractivity (Wildman–Crippen MR) is 95.2 cm³/mol. The molecule has 0 bridgehead atoms. The molecule has 7 nitrogen and oxygen atoms in total. The number of hydrogen-bond acceptors (Lipinski definition) is 5. The molecule has 138 valence electrons. The van der Waals surface area contributed by atoms with Crippen LogP contribution in [0.2, 0.25) is 0 Å². The fourth-order valence-corrected chi connectivity index (χ4v) is 4.07. The summed E-state index contributed by atoms with van der Waals surface area (Å²) in [6.45, 7) is 8.27. The summed E-state index contributed by atoms with van der Waals surface area (Å²) in [5.74, 6) is -1.81. The summed E-state index contributed by atoms with van der Waals surface area (Å²) in [6.07, 6.45) is 0.560. The summed E-state index contributed by atoms with van der Waals surface area (Å²) < 4.78 is 5.08. The van der Waals surface area contributed by atoms with Crippen molar-refractivity contribution >= 4 is 34.3 Å². The summed E-state index contributed by atoms with van der Waals surface area (Å²) >= 11 is 1.32.